The van der Waals surface area contributed by atoms with Gasteiger partial charge in [-0.3, -0.25) is 14.5 Å². The summed E-state index contributed by atoms with van der Waals surface area (Å²) in [5.74, 6) is -0.850. The lowest BCUT2D eigenvalue weighted by atomic mass is 10.0. The molecule has 2 aromatic rings. The Kier molecular flexibility index (Phi) is 6.51. The molecule has 0 aromatic heterocycles. The summed E-state index contributed by atoms with van der Waals surface area (Å²) in [6.07, 6.45) is 0.506. The molecule has 2 aromatic carbocycles. The van der Waals surface area contributed by atoms with Crippen molar-refractivity contribution in [2.75, 3.05) is 32.7 Å². The van der Waals surface area contributed by atoms with Crippen molar-refractivity contribution in [2.45, 2.75) is 6.42 Å². The van der Waals surface area contributed by atoms with Gasteiger partial charge in [-0.2, -0.15) is 0 Å². The second kappa shape index (κ2) is 9.07. The number of hydrogen-bond acceptors (Lipinski definition) is 5. The first kappa shape index (κ1) is 20.8. The first-order chi connectivity index (χ1) is 14.0. The van der Waals surface area contributed by atoms with Crippen molar-refractivity contribution in [2.24, 2.45) is 0 Å². The fourth-order valence-electron chi connectivity index (χ4n) is 3.03. The molecule has 29 heavy (non-hydrogen) atoms. The zero-order valence-corrected chi connectivity index (χ0v) is 16.8. The molecule has 0 unspecified atom stereocenters. The van der Waals surface area contributed by atoms with Crippen LogP contribution in [-0.2, 0) is 14.3 Å². The van der Waals surface area contributed by atoms with E-state index in [-0.39, 0.29) is 17.8 Å². The molecule has 2 amide bonds. The molecule has 0 spiro atoms. The largest absolute Gasteiger partial charge is 0.495 e. The number of methoxy groups -OCH3 is 2. The average Bonchev–Trinajstić information content (AvgIpc) is 2.93. The summed E-state index contributed by atoms with van der Waals surface area (Å²) >= 11 is 6.17. The van der Waals surface area contributed by atoms with E-state index in [4.69, 9.17) is 21.1 Å². The zero-order chi connectivity index (χ0) is 21.0. The van der Waals surface area contributed by atoms with Crippen molar-refractivity contribution >= 4 is 34.7 Å². The lowest BCUT2D eigenvalue weighted by molar-refractivity contribution is -0.136. The number of ether oxygens (including phenoxy) is 2. The number of nitrogens with one attached hydrogen (secondary N) is 1. The Morgan fingerprint density at radius 3 is 2.41 bits per heavy atom. The topological polar surface area (TPSA) is 67.9 Å². The van der Waals surface area contributed by atoms with Crippen LogP contribution < -0.4 is 10.1 Å². The lowest BCUT2D eigenvalue weighted by Crippen LogP contribution is -2.33. The number of benzene rings is 2. The Hall–Kier alpha value is -2.90. The molecule has 0 fully saturated rings. The van der Waals surface area contributed by atoms with Crippen LogP contribution in [0.3, 0.4) is 0 Å². The third kappa shape index (κ3) is 4.41. The highest BCUT2D eigenvalue weighted by molar-refractivity contribution is 6.36. The highest BCUT2D eigenvalue weighted by Gasteiger charge is 2.38. The van der Waals surface area contributed by atoms with Crippen LogP contribution in [-0.4, -0.2) is 44.1 Å². The van der Waals surface area contributed by atoms with Crippen LogP contribution in [0, 0.1) is 5.82 Å². The van der Waals surface area contributed by atoms with Crippen LogP contribution in [0.5, 0.6) is 5.75 Å². The Bertz CT molecular complexity index is 960. The first-order valence-corrected chi connectivity index (χ1v) is 9.30. The van der Waals surface area contributed by atoms with Gasteiger partial charge in [0.25, 0.3) is 11.8 Å². The third-order valence-corrected chi connectivity index (χ3v) is 4.75. The van der Waals surface area contributed by atoms with Gasteiger partial charge in [-0.1, -0.05) is 23.7 Å². The smallest absolute Gasteiger partial charge is 0.278 e. The van der Waals surface area contributed by atoms with Crippen LogP contribution in [0.2, 0.25) is 5.02 Å². The molecule has 1 N–H and O–H groups in total. The number of rotatable bonds is 8. The minimum atomic E-state index is -0.461. The fourth-order valence-corrected chi connectivity index (χ4v) is 3.29. The van der Waals surface area contributed by atoms with Crippen molar-refractivity contribution < 1.29 is 23.5 Å². The Balaban J connectivity index is 1.99. The van der Waals surface area contributed by atoms with Crippen LogP contribution in [0.4, 0.5) is 10.1 Å². The lowest BCUT2D eigenvalue weighted by Gasteiger charge is -2.15. The van der Waals surface area contributed by atoms with E-state index in [2.05, 4.69) is 5.32 Å². The van der Waals surface area contributed by atoms with Crippen molar-refractivity contribution in [3.05, 3.63) is 64.6 Å². The average molecular weight is 419 g/mol. The predicted molar refractivity (Wildman–Crippen MR) is 108 cm³/mol. The molecule has 1 heterocycles. The van der Waals surface area contributed by atoms with Gasteiger partial charge in [0.2, 0.25) is 0 Å². The molecule has 0 radical (unpaired) electrons. The van der Waals surface area contributed by atoms with Crippen LogP contribution in [0.15, 0.2) is 48.2 Å². The molecular weight excluding hydrogens is 399 g/mol. The van der Waals surface area contributed by atoms with Crippen LogP contribution in [0.25, 0.3) is 5.57 Å². The number of anilines is 1. The molecule has 0 atom stereocenters. The van der Waals surface area contributed by atoms with Gasteiger partial charge in [0.1, 0.15) is 17.3 Å². The van der Waals surface area contributed by atoms with Gasteiger partial charge < -0.3 is 14.8 Å². The first-order valence-electron chi connectivity index (χ1n) is 8.92. The number of nitrogens with zero attached hydrogens (tertiary/aromatic N) is 1. The Morgan fingerprint density at radius 2 is 1.79 bits per heavy atom. The molecule has 6 nitrogen and oxygen atoms in total. The zero-order valence-electron chi connectivity index (χ0n) is 16.0. The fraction of sp³-hybridized carbons (Fsp3) is 0.238. The number of amides is 2. The third-order valence-electron chi connectivity index (χ3n) is 4.45. The van der Waals surface area contributed by atoms with E-state index >= 15 is 0 Å². The van der Waals surface area contributed by atoms with Crippen molar-refractivity contribution in [3.8, 4) is 5.75 Å². The van der Waals surface area contributed by atoms with Crippen molar-refractivity contribution in [3.63, 3.8) is 0 Å². The molecule has 0 saturated carbocycles. The molecule has 1 aliphatic heterocycles. The maximum atomic E-state index is 13.4. The van der Waals surface area contributed by atoms with E-state index in [1.165, 1.54) is 31.4 Å². The quantitative estimate of drug-likeness (QED) is 0.522. The maximum Gasteiger partial charge on any atom is 0.278 e. The molecule has 152 valence electrons. The minimum absolute atomic E-state index is 0.111. The normalized spacial score (nSPS) is 14.0. The van der Waals surface area contributed by atoms with Gasteiger partial charge in [-0.15, -0.1) is 0 Å². The molecule has 3 rings (SSSR count). The van der Waals surface area contributed by atoms with E-state index < -0.39 is 17.6 Å². The molecule has 0 aliphatic carbocycles. The van der Waals surface area contributed by atoms with Crippen LogP contribution >= 0.6 is 11.6 Å². The summed E-state index contributed by atoms with van der Waals surface area (Å²) in [6.45, 7) is 0.630. The Labute approximate surface area is 172 Å². The number of carbonyl (C=O) groups is 2. The van der Waals surface area contributed by atoms with Gasteiger partial charge >= 0.3 is 0 Å². The predicted octanol–water partition coefficient (Wildman–Crippen LogP) is 3.72. The van der Waals surface area contributed by atoms with Crippen LogP contribution in [0.1, 0.15) is 12.0 Å². The summed E-state index contributed by atoms with van der Waals surface area (Å²) in [5.41, 5.74) is 1.26. The monoisotopic (exact) mass is 418 g/mol. The number of hydrogen-bond donors (Lipinski definition) is 1. The summed E-state index contributed by atoms with van der Waals surface area (Å²) < 4.78 is 23.5. The minimum Gasteiger partial charge on any atom is -0.495 e. The summed E-state index contributed by atoms with van der Waals surface area (Å²) in [6, 6.07) is 10.4. The number of carbonyl (C=O) groups excluding carboxylic acids is 2. The van der Waals surface area contributed by atoms with Gasteiger partial charge in [0.15, 0.2) is 0 Å². The molecule has 0 bridgehead atoms. The van der Waals surface area contributed by atoms with Gasteiger partial charge in [-0.25, -0.2) is 4.39 Å². The molecule has 0 saturated heterocycles. The number of halogens is 2. The second-order valence-electron chi connectivity index (χ2n) is 6.34. The number of imide groups is 1. The van der Waals surface area contributed by atoms with E-state index in [0.29, 0.717) is 35.1 Å². The summed E-state index contributed by atoms with van der Waals surface area (Å²) in [5, 5.41) is 3.36. The Morgan fingerprint density at radius 1 is 1.07 bits per heavy atom. The summed E-state index contributed by atoms with van der Waals surface area (Å²) in [4.78, 5) is 27.1. The van der Waals surface area contributed by atoms with E-state index in [1.54, 1.807) is 25.3 Å². The summed E-state index contributed by atoms with van der Waals surface area (Å²) in [7, 11) is 3.05. The SMILES string of the molecule is COCCCN1C(=O)C(Nc2ccc(OC)c(Cl)c2)=C(c2ccc(F)cc2)C1=O. The second-order valence-corrected chi connectivity index (χ2v) is 6.75. The standard InChI is InChI=1S/C21H20ClFN2O4/c1-28-11-3-10-25-20(26)18(13-4-6-14(23)7-5-13)19(21(25)27)24-15-8-9-17(29-2)16(22)12-15/h4-9,12,24H,3,10-11H2,1-2H3. The van der Waals surface area contributed by atoms with E-state index in [9.17, 15) is 14.0 Å². The maximum absolute atomic E-state index is 13.4. The van der Waals surface area contributed by atoms with Gasteiger partial charge in [0.05, 0.1) is 17.7 Å². The molecular formula is C21H20ClFN2O4. The molecule has 8 heteroatoms. The van der Waals surface area contributed by atoms with E-state index in [0.717, 1.165) is 4.90 Å². The van der Waals surface area contributed by atoms with Gasteiger partial charge in [0, 0.05) is 25.9 Å². The van der Waals surface area contributed by atoms with Gasteiger partial charge in [-0.05, 0) is 42.3 Å². The molecule has 1 aliphatic rings. The van der Waals surface area contributed by atoms with E-state index in [1.807, 2.05) is 0 Å². The van der Waals surface area contributed by atoms with Crippen molar-refractivity contribution in [1.82, 2.24) is 4.90 Å². The highest BCUT2D eigenvalue weighted by atomic mass is 35.5. The van der Waals surface area contributed by atoms with Crippen molar-refractivity contribution in [1.29, 1.82) is 0 Å². The highest BCUT2D eigenvalue weighted by Crippen LogP contribution is 2.33.